The van der Waals surface area contributed by atoms with Gasteiger partial charge in [0.25, 0.3) is 5.91 Å². The third-order valence-corrected chi connectivity index (χ3v) is 4.91. The van der Waals surface area contributed by atoms with Crippen LogP contribution in [-0.4, -0.2) is 44.7 Å². The third kappa shape index (κ3) is 3.74. The third-order valence-electron chi connectivity index (χ3n) is 4.67. The molecule has 0 saturated carbocycles. The molecule has 0 radical (unpaired) electrons. The summed E-state index contributed by atoms with van der Waals surface area (Å²) >= 11 is 6.05. The highest BCUT2D eigenvalue weighted by Gasteiger charge is 2.27. The first-order chi connectivity index (χ1) is 12.5. The van der Waals surface area contributed by atoms with Crippen LogP contribution in [0.25, 0.3) is 10.9 Å². The molecule has 0 unspecified atom stereocenters. The van der Waals surface area contributed by atoms with Crippen molar-refractivity contribution in [1.82, 2.24) is 14.5 Å². The molecule has 4 rings (SSSR count). The maximum atomic E-state index is 12.9. The Morgan fingerprint density at radius 1 is 1.37 bits per heavy atom. The van der Waals surface area contributed by atoms with Crippen LogP contribution in [0.3, 0.4) is 0 Å². The van der Waals surface area contributed by atoms with E-state index in [0.29, 0.717) is 35.9 Å². The standard InChI is InChI=1S/C19H19ClN4O2.ClH/c1-23-7-6-15-17(23)16(19(26)24-8-5-14(25)11-24)10-21-18(15)22-13-4-2-3-12(20)9-13;/h2-4,6-7,9-10,14,25H,5,8,11H2,1H3,(H,21,22);1H/t14-;/m1./s1. The Morgan fingerprint density at radius 3 is 2.89 bits per heavy atom. The molecule has 0 bridgehead atoms. The fourth-order valence-corrected chi connectivity index (χ4v) is 3.56. The predicted molar refractivity (Wildman–Crippen MR) is 109 cm³/mol. The van der Waals surface area contributed by atoms with Crippen molar-refractivity contribution in [3.63, 3.8) is 0 Å². The summed E-state index contributed by atoms with van der Waals surface area (Å²) in [7, 11) is 1.90. The zero-order chi connectivity index (χ0) is 18.3. The van der Waals surface area contributed by atoms with Gasteiger partial charge in [0.2, 0.25) is 0 Å². The van der Waals surface area contributed by atoms with Crippen LogP contribution < -0.4 is 5.32 Å². The molecule has 0 aliphatic carbocycles. The molecule has 6 nitrogen and oxygen atoms in total. The van der Waals surface area contributed by atoms with E-state index in [1.807, 2.05) is 48.1 Å². The smallest absolute Gasteiger partial charge is 0.257 e. The predicted octanol–water partition coefficient (Wildman–Crippen LogP) is 3.60. The van der Waals surface area contributed by atoms with Crippen LogP contribution in [0.5, 0.6) is 0 Å². The van der Waals surface area contributed by atoms with Crippen molar-refractivity contribution in [2.45, 2.75) is 12.5 Å². The van der Waals surface area contributed by atoms with Crippen LogP contribution in [0.2, 0.25) is 5.02 Å². The van der Waals surface area contributed by atoms with E-state index in [2.05, 4.69) is 10.3 Å². The van der Waals surface area contributed by atoms with Crippen LogP contribution in [0.15, 0.2) is 42.7 Å². The summed E-state index contributed by atoms with van der Waals surface area (Å²) in [5.74, 6) is 0.566. The van der Waals surface area contributed by atoms with Crippen LogP contribution >= 0.6 is 24.0 Å². The van der Waals surface area contributed by atoms with Crippen molar-refractivity contribution in [2.75, 3.05) is 18.4 Å². The molecule has 142 valence electrons. The molecule has 27 heavy (non-hydrogen) atoms. The normalized spacial score (nSPS) is 16.4. The molecule has 3 aromatic rings. The van der Waals surface area contributed by atoms with E-state index < -0.39 is 6.10 Å². The van der Waals surface area contributed by atoms with Gasteiger partial charge < -0.3 is 19.9 Å². The van der Waals surface area contributed by atoms with E-state index in [1.165, 1.54) is 0 Å². The number of carbonyl (C=O) groups excluding carboxylic acids is 1. The lowest BCUT2D eigenvalue weighted by molar-refractivity contribution is 0.0766. The van der Waals surface area contributed by atoms with Crippen molar-refractivity contribution in [2.24, 2.45) is 7.05 Å². The first-order valence-corrected chi connectivity index (χ1v) is 8.84. The van der Waals surface area contributed by atoms with Crippen LogP contribution in [-0.2, 0) is 7.05 Å². The highest BCUT2D eigenvalue weighted by Crippen LogP contribution is 2.29. The monoisotopic (exact) mass is 406 g/mol. The molecule has 0 spiro atoms. The number of aromatic nitrogens is 2. The summed E-state index contributed by atoms with van der Waals surface area (Å²) in [6, 6.07) is 9.34. The average molecular weight is 407 g/mol. The lowest BCUT2D eigenvalue weighted by atomic mass is 10.1. The van der Waals surface area contributed by atoms with E-state index >= 15 is 0 Å². The highest BCUT2D eigenvalue weighted by atomic mass is 35.5. The van der Waals surface area contributed by atoms with E-state index in [9.17, 15) is 9.90 Å². The maximum Gasteiger partial charge on any atom is 0.257 e. The largest absolute Gasteiger partial charge is 0.391 e. The topological polar surface area (TPSA) is 70.4 Å². The van der Waals surface area contributed by atoms with Crippen LogP contribution in [0.4, 0.5) is 11.5 Å². The average Bonchev–Trinajstić information content (AvgIpc) is 3.22. The second kappa shape index (κ2) is 7.76. The minimum atomic E-state index is -0.445. The summed E-state index contributed by atoms with van der Waals surface area (Å²) in [5, 5.41) is 14.5. The number of aliphatic hydroxyl groups excluding tert-OH is 1. The number of anilines is 2. The van der Waals surface area contributed by atoms with Gasteiger partial charge in [0.1, 0.15) is 5.82 Å². The Kier molecular flexibility index (Phi) is 5.60. The van der Waals surface area contributed by atoms with Gasteiger partial charge in [-0.3, -0.25) is 4.79 Å². The van der Waals surface area contributed by atoms with Gasteiger partial charge in [-0.05, 0) is 30.7 Å². The molecule has 2 N–H and O–H groups in total. The van der Waals surface area contributed by atoms with Crippen LogP contribution in [0, 0.1) is 0 Å². The molecule has 1 aliphatic rings. The number of hydrogen-bond donors (Lipinski definition) is 2. The fourth-order valence-electron chi connectivity index (χ4n) is 3.37. The number of benzene rings is 1. The van der Waals surface area contributed by atoms with Gasteiger partial charge >= 0.3 is 0 Å². The second-order valence-electron chi connectivity index (χ2n) is 6.54. The maximum absolute atomic E-state index is 12.9. The Bertz CT molecular complexity index is 989. The lowest BCUT2D eigenvalue weighted by Gasteiger charge is -2.17. The van der Waals surface area contributed by atoms with E-state index in [-0.39, 0.29) is 18.3 Å². The van der Waals surface area contributed by atoms with E-state index in [1.54, 1.807) is 11.1 Å². The first kappa shape index (κ1) is 19.5. The minimum absolute atomic E-state index is 0. The number of nitrogens with one attached hydrogen (secondary N) is 1. The number of pyridine rings is 1. The molecule has 1 aliphatic heterocycles. The highest BCUT2D eigenvalue weighted by molar-refractivity contribution is 6.30. The number of fused-ring (bicyclic) bond motifs is 1. The van der Waals surface area contributed by atoms with E-state index in [0.717, 1.165) is 16.6 Å². The number of β-amino-alcohol motifs (C(OH)–C–C–N with tert-alkyl or cyclic N) is 1. The van der Waals surface area contributed by atoms with Crippen LogP contribution in [0.1, 0.15) is 16.8 Å². The number of likely N-dealkylation sites (tertiary alicyclic amines) is 1. The Hall–Kier alpha value is -2.28. The van der Waals surface area contributed by atoms with Crippen molar-refractivity contribution in [1.29, 1.82) is 0 Å². The molecular weight excluding hydrogens is 387 g/mol. The molecule has 1 fully saturated rings. The summed E-state index contributed by atoms with van der Waals surface area (Å²) in [4.78, 5) is 19.1. The molecule has 8 heteroatoms. The summed E-state index contributed by atoms with van der Waals surface area (Å²) in [6.45, 7) is 0.932. The zero-order valence-electron chi connectivity index (χ0n) is 14.7. The zero-order valence-corrected chi connectivity index (χ0v) is 16.3. The van der Waals surface area contributed by atoms with Crippen molar-refractivity contribution in [3.8, 4) is 0 Å². The van der Waals surface area contributed by atoms with Gasteiger partial charge in [-0.25, -0.2) is 4.98 Å². The second-order valence-corrected chi connectivity index (χ2v) is 6.97. The van der Waals surface area contributed by atoms with Gasteiger partial charge in [0.15, 0.2) is 0 Å². The van der Waals surface area contributed by atoms with Crippen molar-refractivity contribution < 1.29 is 9.90 Å². The van der Waals surface area contributed by atoms with Gasteiger partial charge in [-0.2, -0.15) is 0 Å². The van der Waals surface area contributed by atoms with Crippen molar-refractivity contribution in [3.05, 3.63) is 53.3 Å². The molecule has 1 aromatic carbocycles. The summed E-state index contributed by atoms with van der Waals surface area (Å²) < 4.78 is 1.92. The Balaban J connectivity index is 0.00000210. The summed E-state index contributed by atoms with van der Waals surface area (Å²) in [6.07, 6.45) is 3.68. The Morgan fingerprint density at radius 2 is 2.19 bits per heavy atom. The molecule has 1 amide bonds. The molecule has 1 atom stereocenters. The number of aliphatic hydroxyl groups is 1. The SMILES string of the molecule is Cl.Cn1ccc2c(Nc3cccc(Cl)c3)ncc(C(=O)N3CC[C@@H](O)C3)c21. The van der Waals surface area contributed by atoms with Gasteiger partial charge in [-0.1, -0.05) is 17.7 Å². The quantitative estimate of drug-likeness (QED) is 0.696. The molecule has 1 saturated heterocycles. The van der Waals surface area contributed by atoms with Crippen molar-refractivity contribution >= 4 is 52.3 Å². The number of hydrogen-bond acceptors (Lipinski definition) is 4. The minimum Gasteiger partial charge on any atom is -0.391 e. The fraction of sp³-hybridized carbons (Fsp3) is 0.263. The number of nitrogens with zero attached hydrogens (tertiary/aromatic N) is 3. The van der Waals surface area contributed by atoms with Gasteiger partial charge in [0.05, 0.1) is 17.2 Å². The number of rotatable bonds is 3. The Labute approximate surface area is 168 Å². The number of aryl methyl sites for hydroxylation is 1. The molecule has 2 aromatic heterocycles. The van der Waals surface area contributed by atoms with Gasteiger partial charge in [-0.15, -0.1) is 12.4 Å². The van der Waals surface area contributed by atoms with Gasteiger partial charge in [0, 0.05) is 48.6 Å². The number of amides is 1. The number of halogens is 2. The lowest BCUT2D eigenvalue weighted by Crippen LogP contribution is -2.30. The molecule has 3 heterocycles. The summed E-state index contributed by atoms with van der Waals surface area (Å²) in [5.41, 5.74) is 2.19. The first-order valence-electron chi connectivity index (χ1n) is 8.47. The number of carbonyl (C=O) groups is 1. The van der Waals surface area contributed by atoms with E-state index in [4.69, 9.17) is 11.6 Å². The molecular formula is C19H20Cl2N4O2.